The molecule has 1 amide bonds. The molecule has 1 fully saturated rings. The van der Waals surface area contributed by atoms with E-state index in [0.29, 0.717) is 6.04 Å². The van der Waals surface area contributed by atoms with Crippen LogP contribution in [0.25, 0.3) is 0 Å². The molecule has 17 heavy (non-hydrogen) atoms. The molecule has 1 aliphatic carbocycles. The number of nitrogens with one attached hydrogen (secondary N) is 1. The maximum atomic E-state index is 12.3. The van der Waals surface area contributed by atoms with Gasteiger partial charge in [-0.2, -0.15) is 0 Å². The second kappa shape index (κ2) is 4.42. The summed E-state index contributed by atoms with van der Waals surface area (Å²) in [6, 6.07) is 2.52. The Balaban J connectivity index is 1.78. The van der Waals surface area contributed by atoms with Gasteiger partial charge in [0.2, 0.25) is 0 Å². The van der Waals surface area contributed by atoms with Crippen LogP contribution in [0.15, 0.2) is 6.07 Å². The molecular weight excluding hydrogens is 232 g/mol. The molecule has 1 aromatic heterocycles. The number of rotatable bonds is 2. The second-order valence-electron chi connectivity index (χ2n) is 4.99. The zero-order chi connectivity index (χ0) is 11.8. The van der Waals surface area contributed by atoms with Gasteiger partial charge < -0.3 is 10.2 Å². The maximum absolute atomic E-state index is 12.3. The zero-order valence-electron chi connectivity index (χ0n) is 10.2. The Labute approximate surface area is 106 Å². The van der Waals surface area contributed by atoms with E-state index in [9.17, 15) is 4.79 Å². The molecule has 0 saturated carbocycles. The third-order valence-electron chi connectivity index (χ3n) is 3.84. The lowest BCUT2D eigenvalue weighted by atomic mass is 9.99. The van der Waals surface area contributed by atoms with Crippen LogP contribution in [-0.2, 0) is 12.8 Å². The van der Waals surface area contributed by atoms with Gasteiger partial charge in [0.05, 0.1) is 10.9 Å². The minimum Gasteiger partial charge on any atom is -0.335 e. The molecule has 0 aromatic carbocycles. The van der Waals surface area contributed by atoms with Gasteiger partial charge in [0.1, 0.15) is 0 Å². The van der Waals surface area contributed by atoms with Crippen molar-refractivity contribution in [3.8, 4) is 0 Å². The highest BCUT2D eigenvalue weighted by atomic mass is 32.1. The maximum Gasteiger partial charge on any atom is 0.264 e. The van der Waals surface area contributed by atoms with E-state index < -0.39 is 0 Å². The third kappa shape index (κ3) is 2.00. The van der Waals surface area contributed by atoms with E-state index in [1.165, 1.54) is 29.7 Å². The van der Waals surface area contributed by atoms with Gasteiger partial charge in [-0.3, -0.25) is 4.79 Å². The van der Waals surface area contributed by atoms with E-state index in [-0.39, 0.29) is 5.91 Å². The first kappa shape index (κ1) is 11.2. The molecule has 3 nitrogen and oxygen atoms in total. The van der Waals surface area contributed by atoms with Crippen molar-refractivity contribution in [3.63, 3.8) is 0 Å². The summed E-state index contributed by atoms with van der Waals surface area (Å²) in [7, 11) is 1.92. The van der Waals surface area contributed by atoms with Crippen LogP contribution < -0.4 is 5.32 Å². The van der Waals surface area contributed by atoms with Crippen molar-refractivity contribution in [2.75, 3.05) is 20.1 Å². The third-order valence-corrected chi connectivity index (χ3v) is 5.06. The molecular formula is C13H18N2OS. The smallest absolute Gasteiger partial charge is 0.264 e. The summed E-state index contributed by atoms with van der Waals surface area (Å²) in [4.78, 5) is 16.6. The van der Waals surface area contributed by atoms with Gasteiger partial charge in [0.15, 0.2) is 0 Å². The predicted octanol–water partition coefficient (Wildman–Crippen LogP) is 1.67. The topological polar surface area (TPSA) is 32.3 Å². The van der Waals surface area contributed by atoms with Crippen molar-refractivity contribution in [3.05, 3.63) is 21.4 Å². The SMILES string of the molecule is CN(C(=O)c1cc2c(s1)CCCC2)C1CNC1. The fraction of sp³-hybridized carbons (Fsp3) is 0.615. The van der Waals surface area contributed by atoms with Gasteiger partial charge in [-0.15, -0.1) is 11.3 Å². The fourth-order valence-electron chi connectivity index (χ4n) is 2.48. The van der Waals surface area contributed by atoms with E-state index in [1.54, 1.807) is 11.3 Å². The lowest BCUT2D eigenvalue weighted by molar-refractivity contribution is 0.0686. The molecule has 1 saturated heterocycles. The quantitative estimate of drug-likeness (QED) is 0.866. The molecule has 0 spiro atoms. The average molecular weight is 250 g/mol. The van der Waals surface area contributed by atoms with E-state index in [4.69, 9.17) is 0 Å². The molecule has 0 bridgehead atoms. The fourth-order valence-corrected chi connectivity index (χ4v) is 3.72. The number of nitrogens with zero attached hydrogens (tertiary/aromatic N) is 1. The first-order valence-corrected chi connectivity index (χ1v) is 7.17. The monoisotopic (exact) mass is 250 g/mol. The first-order chi connectivity index (χ1) is 8.25. The number of amides is 1. The van der Waals surface area contributed by atoms with E-state index in [2.05, 4.69) is 11.4 Å². The van der Waals surface area contributed by atoms with E-state index >= 15 is 0 Å². The molecule has 4 heteroatoms. The number of hydrogen-bond donors (Lipinski definition) is 1. The van der Waals surface area contributed by atoms with Crippen LogP contribution in [-0.4, -0.2) is 37.0 Å². The summed E-state index contributed by atoms with van der Waals surface area (Å²) in [5.41, 5.74) is 1.42. The molecule has 2 aliphatic rings. The summed E-state index contributed by atoms with van der Waals surface area (Å²) in [6.07, 6.45) is 4.89. The number of aryl methyl sites for hydroxylation is 2. The van der Waals surface area contributed by atoms with Crippen molar-refractivity contribution >= 4 is 17.2 Å². The van der Waals surface area contributed by atoms with Crippen molar-refractivity contribution < 1.29 is 4.79 Å². The Bertz CT molecular complexity index is 413. The Morgan fingerprint density at radius 1 is 1.41 bits per heavy atom. The molecule has 3 rings (SSSR count). The number of carbonyl (C=O) groups is 1. The molecule has 2 heterocycles. The van der Waals surface area contributed by atoms with Gasteiger partial charge in [0, 0.05) is 25.0 Å². The molecule has 0 atom stereocenters. The summed E-state index contributed by atoms with van der Waals surface area (Å²) in [5, 5.41) is 3.21. The summed E-state index contributed by atoms with van der Waals surface area (Å²) in [5.74, 6) is 0.205. The number of hydrogen-bond acceptors (Lipinski definition) is 3. The van der Waals surface area contributed by atoms with Gasteiger partial charge in [-0.25, -0.2) is 0 Å². The highest BCUT2D eigenvalue weighted by Gasteiger charge is 2.27. The number of carbonyl (C=O) groups excluding carboxylic acids is 1. The van der Waals surface area contributed by atoms with Crippen LogP contribution in [0.3, 0.4) is 0 Å². The number of fused-ring (bicyclic) bond motifs is 1. The normalized spacial score (nSPS) is 19.6. The van der Waals surface area contributed by atoms with Crippen LogP contribution in [0.1, 0.15) is 33.0 Å². The second-order valence-corrected chi connectivity index (χ2v) is 6.13. The van der Waals surface area contributed by atoms with Crippen LogP contribution >= 0.6 is 11.3 Å². The Morgan fingerprint density at radius 3 is 2.82 bits per heavy atom. The molecule has 92 valence electrons. The van der Waals surface area contributed by atoms with Gasteiger partial charge >= 0.3 is 0 Å². The van der Waals surface area contributed by atoms with Crippen molar-refractivity contribution in [1.82, 2.24) is 10.2 Å². The number of likely N-dealkylation sites (N-methyl/N-ethyl adjacent to an activating group) is 1. The van der Waals surface area contributed by atoms with Crippen LogP contribution in [0.4, 0.5) is 0 Å². The lowest BCUT2D eigenvalue weighted by Crippen LogP contribution is -2.57. The van der Waals surface area contributed by atoms with Crippen LogP contribution in [0.2, 0.25) is 0 Å². The lowest BCUT2D eigenvalue weighted by Gasteiger charge is -2.35. The Morgan fingerprint density at radius 2 is 2.18 bits per heavy atom. The summed E-state index contributed by atoms with van der Waals surface area (Å²) >= 11 is 1.71. The molecule has 0 unspecified atom stereocenters. The van der Waals surface area contributed by atoms with Crippen LogP contribution in [0, 0.1) is 0 Å². The molecule has 1 aliphatic heterocycles. The van der Waals surface area contributed by atoms with Crippen molar-refractivity contribution in [2.24, 2.45) is 0 Å². The van der Waals surface area contributed by atoms with Crippen LogP contribution in [0.5, 0.6) is 0 Å². The molecule has 0 radical (unpaired) electrons. The molecule has 1 N–H and O–H groups in total. The highest BCUT2D eigenvalue weighted by molar-refractivity contribution is 7.14. The van der Waals surface area contributed by atoms with Gasteiger partial charge in [-0.1, -0.05) is 0 Å². The van der Waals surface area contributed by atoms with Crippen molar-refractivity contribution in [2.45, 2.75) is 31.7 Å². The standard InChI is InChI=1S/C13H18N2OS/c1-15(10-7-14-8-10)13(16)12-6-9-4-2-3-5-11(9)17-12/h6,10,14H,2-5,7-8H2,1H3. The van der Waals surface area contributed by atoms with E-state index in [0.717, 1.165) is 24.4 Å². The highest BCUT2D eigenvalue weighted by Crippen LogP contribution is 2.30. The zero-order valence-corrected chi connectivity index (χ0v) is 11.0. The van der Waals surface area contributed by atoms with E-state index in [1.807, 2.05) is 11.9 Å². The summed E-state index contributed by atoms with van der Waals surface area (Å²) < 4.78 is 0. The molecule has 1 aromatic rings. The summed E-state index contributed by atoms with van der Waals surface area (Å²) in [6.45, 7) is 1.88. The predicted molar refractivity (Wildman–Crippen MR) is 69.7 cm³/mol. The Kier molecular flexibility index (Phi) is 2.92. The van der Waals surface area contributed by atoms with Gasteiger partial charge in [-0.05, 0) is 37.3 Å². The van der Waals surface area contributed by atoms with Gasteiger partial charge in [0.25, 0.3) is 5.91 Å². The largest absolute Gasteiger partial charge is 0.335 e. The Hall–Kier alpha value is -0.870. The van der Waals surface area contributed by atoms with Crippen molar-refractivity contribution in [1.29, 1.82) is 0 Å². The minimum absolute atomic E-state index is 0.205. The average Bonchev–Trinajstić information content (AvgIpc) is 2.68. The first-order valence-electron chi connectivity index (χ1n) is 6.35. The number of thiophene rings is 1. The minimum atomic E-state index is 0.205.